The Bertz CT molecular complexity index is 1470. The topological polar surface area (TPSA) is 0 Å². The molecular weight excluding hydrogens is 436 g/mol. The van der Waals surface area contributed by atoms with E-state index in [0.29, 0.717) is 10.9 Å². The second-order valence-corrected chi connectivity index (χ2v) is 7.94. The molecule has 4 heteroatoms. The molecule has 0 fully saturated rings. The number of hydrogen-bond donors (Lipinski definition) is 0. The van der Waals surface area contributed by atoms with Crippen LogP contribution in [0.1, 0.15) is 47.6 Å². The van der Waals surface area contributed by atoms with Crippen LogP contribution in [-0.2, 0) is 6.42 Å². The third-order valence-electron chi connectivity index (χ3n) is 5.37. The Labute approximate surface area is 196 Å². The lowest BCUT2D eigenvalue weighted by atomic mass is 10.0. The molecule has 4 aromatic rings. The molecule has 0 N–H and O–H groups in total. The average molecular weight is 456 g/mol. The van der Waals surface area contributed by atoms with Gasteiger partial charge in [-0.15, -0.1) is 0 Å². The average Bonchev–Trinajstić information content (AvgIpc) is 2.81. The van der Waals surface area contributed by atoms with Gasteiger partial charge in [-0.25, -0.2) is 17.6 Å². The van der Waals surface area contributed by atoms with Crippen LogP contribution in [0.4, 0.5) is 17.6 Å². The summed E-state index contributed by atoms with van der Waals surface area (Å²) < 4.78 is 56.7. The Morgan fingerprint density at radius 2 is 1.32 bits per heavy atom. The lowest BCUT2D eigenvalue weighted by Crippen LogP contribution is -1.93. The predicted molar refractivity (Wildman–Crippen MR) is 127 cm³/mol. The van der Waals surface area contributed by atoms with Gasteiger partial charge in [-0.3, -0.25) is 0 Å². The van der Waals surface area contributed by atoms with Crippen molar-refractivity contribution in [1.29, 1.82) is 0 Å². The molecule has 0 aliphatic carbocycles. The largest absolute Gasteiger partial charge is 0.207 e. The van der Waals surface area contributed by atoms with Crippen molar-refractivity contribution in [3.8, 4) is 23.7 Å². The van der Waals surface area contributed by atoms with E-state index < -0.39 is 17.5 Å². The van der Waals surface area contributed by atoms with E-state index in [1.807, 2.05) is 6.07 Å². The van der Waals surface area contributed by atoms with Gasteiger partial charge in [0.15, 0.2) is 0 Å². The van der Waals surface area contributed by atoms with Gasteiger partial charge >= 0.3 is 0 Å². The smallest absolute Gasteiger partial charge is 0.143 e. The van der Waals surface area contributed by atoms with E-state index >= 15 is 0 Å². The molecule has 34 heavy (non-hydrogen) atoms. The zero-order chi connectivity index (χ0) is 24.1. The molecule has 0 spiro atoms. The first kappa shape index (κ1) is 23.1. The monoisotopic (exact) mass is 456 g/mol. The highest BCUT2D eigenvalue weighted by Crippen LogP contribution is 2.19. The van der Waals surface area contributed by atoms with Crippen molar-refractivity contribution in [2.75, 3.05) is 0 Å². The predicted octanol–water partition coefficient (Wildman–Crippen LogP) is 7.54. The first-order valence-corrected chi connectivity index (χ1v) is 10.9. The molecule has 4 rings (SSSR count). The molecule has 168 valence electrons. The molecule has 0 saturated carbocycles. The number of rotatable bonds is 3. The van der Waals surface area contributed by atoms with E-state index in [1.165, 1.54) is 18.2 Å². The summed E-state index contributed by atoms with van der Waals surface area (Å²) in [6.45, 7) is 2.07. The van der Waals surface area contributed by atoms with E-state index in [9.17, 15) is 17.6 Å². The van der Waals surface area contributed by atoms with Crippen LogP contribution in [0, 0.1) is 47.0 Å². The molecule has 0 bridgehead atoms. The zero-order valence-corrected chi connectivity index (χ0v) is 18.5. The summed E-state index contributed by atoms with van der Waals surface area (Å²) in [7, 11) is 0. The molecule has 4 aromatic carbocycles. The van der Waals surface area contributed by atoms with Crippen LogP contribution in [0.3, 0.4) is 0 Å². The highest BCUT2D eigenvalue weighted by Gasteiger charge is 2.09. The fourth-order valence-corrected chi connectivity index (χ4v) is 3.53. The highest BCUT2D eigenvalue weighted by molar-refractivity contribution is 5.84. The molecule has 0 saturated heterocycles. The fourth-order valence-electron chi connectivity index (χ4n) is 3.53. The van der Waals surface area contributed by atoms with Gasteiger partial charge in [0.05, 0.1) is 11.1 Å². The molecule has 0 aromatic heterocycles. The van der Waals surface area contributed by atoms with Gasteiger partial charge in [0.25, 0.3) is 0 Å². The van der Waals surface area contributed by atoms with Crippen molar-refractivity contribution in [3.63, 3.8) is 0 Å². The van der Waals surface area contributed by atoms with Crippen molar-refractivity contribution in [2.24, 2.45) is 0 Å². The maximum atomic E-state index is 14.6. The lowest BCUT2D eigenvalue weighted by molar-refractivity contribution is 0.577. The van der Waals surface area contributed by atoms with Gasteiger partial charge in [0.1, 0.15) is 23.3 Å². The van der Waals surface area contributed by atoms with E-state index in [1.54, 1.807) is 30.3 Å². The van der Waals surface area contributed by atoms with Crippen LogP contribution in [0.5, 0.6) is 0 Å². The van der Waals surface area contributed by atoms with Crippen molar-refractivity contribution < 1.29 is 17.6 Å². The molecule has 0 radical (unpaired) electrons. The first-order valence-electron chi connectivity index (χ1n) is 10.9. The molecule has 0 atom stereocenters. The Hall–Kier alpha value is -4.02. The second-order valence-electron chi connectivity index (χ2n) is 7.94. The van der Waals surface area contributed by atoms with Crippen LogP contribution in [0.2, 0.25) is 0 Å². The first-order chi connectivity index (χ1) is 16.4. The summed E-state index contributed by atoms with van der Waals surface area (Å²) in [5, 5.41) is 1.48. The van der Waals surface area contributed by atoms with Crippen molar-refractivity contribution in [3.05, 3.63) is 118 Å². The van der Waals surface area contributed by atoms with E-state index in [2.05, 4.69) is 30.6 Å². The lowest BCUT2D eigenvalue weighted by Gasteiger charge is -2.02. The Balaban J connectivity index is 1.57. The van der Waals surface area contributed by atoms with Gasteiger partial charge in [-0.2, -0.15) is 0 Å². The van der Waals surface area contributed by atoms with E-state index in [0.717, 1.165) is 42.3 Å². The highest BCUT2D eigenvalue weighted by atomic mass is 19.1. The summed E-state index contributed by atoms with van der Waals surface area (Å²) in [6.07, 6.45) is 2.78. The van der Waals surface area contributed by atoms with Gasteiger partial charge < -0.3 is 0 Å². The maximum Gasteiger partial charge on any atom is 0.143 e. The van der Waals surface area contributed by atoms with E-state index in [-0.39, 0.29) is 22.5 Å². The molecule has 0 heterocycles. The van der Waals surface area contributed by atoms with Crippen LogP contribution < -0.4 is 0 Å². The number of benzene rings is 4. The summed E-state index contributed by atoms with van der Waals surface area (Å²) >= 11 is 0. The summed E-state index contributed by atoms with van der Waals surface area (Å²) in [6, 6.07) is 16.4. The van der Waals surface area contributed by atoms with Crippen molar-refractivity contribution >= 4 is 10.8 Å². The minimum Gasteiger partial charge on any atom is -0.207 e. The third kappa shape index (κ3) is 5.48. The van der Waals surface area contributed by atoms with Gasteiger partial charge in [-0.05, 0) is 77.7 Å². The third-order valence-corrected chi connectivity index (χ3v) is 5.37. The number of fused-ring (bicyclic) bond motifs is 1. The van der Waals surface area contributed by atoms with Gasteiger partial charge in [0, 0.05) is 11.1 Å². The SMILES string of the molecule is CCCCc1ccc(C#Cc2cc(F)c(C#Cc3ccc4cc(F)ccc4c3)c(F)c2)c(F)c1. The number of unbranched alkanes of at least 4 members (excludes halogenated alkanes) is 1. The number of hydrogen-bond acceptors (Lipinski definition) is 0. The summed E-state index contributed by atoms with van der Waals surface area (Å²) in [4.78, 5) is 0. The van der Waals surface area contributed by atoms with Crippen LogP contribution in [-0.4, -0.2) is 0 Å². The Morgan fingerprint density at radius 1 is 0.618 bits per heavy atom. The molecule has 0 unspecified atom stereocenters. The zero-order valence-electron chi connectivity index (χ0n) is 18.5. The van der Waals surface area contributed by atoms with Crippen molar-refractivity contribution in [1.82, 2.24) is 0 Å². The molecule has 0 aliphatic rings. The number of aryl methyl sites for hydroxylation is 1. The van der Waals surface area contributed by atoms with Crippen LogP contribution in [0.15, 0.2) is 66.7 Å². The Kier molecular flexibility index (Phi) is 7.00. The standard InChI is InChI=1S/C30H20F4/c1-2-3-4-20-5-9-23(28(32)16-20)10-7-22-17-29(33)27(30(34)18-22)14-8-21-6-11-25-19-26(31)13-12-24(25)15-21/h5-6,9,11-13,15-19H,2-4H2,1H3. The van der Waals surface area contributed by atoms with Crippen LogP contribution in [0.25, 0.3) is 10.8 Å². The molecule has 0 aliphatic heterocycles. The second kappa shape index (κ2) is 10.3. The maximum absolute atomic E-state index is 14.6. The number of halogens is 4. The van der Waals surface area contributed by atoms with E-state index in [4.69, 9.17) is 0 Å². The normalized spacial score (nSPS) is 10.4. The summed E-state index contributed by atoms with van der Waals surface area (Å²) in [5.74, 6) is 8.03. The van der Waals surface area contributed by atoms with Gasteiger partial charge in [0.2, 0.25) is 0 Å². The fraction of sp³-hybridized carbons (Fsp3) is 0.133. The van der Waals surface area contributed by atoms with Crippen LogP contribution >= 0.6 is 0 Å². The van der Waals surface area contributed by atoms with Gasteiger partial charge in [-0.1, -0.05) is 55.2 Å². The Morgan fingerprint density at radius 3 is 2.06 bits per heavy atom. The molecule has 0 amide bonds. The minimum atomic E-state index is -0.852. The quantitative estimate of drug-likeness (QED) is 0.221. The minimum absolute atomic E-state index is 0.0859. The summed E-state index contributed by atoms with van der Waals surface area (Å²) in [5.41, 5.74) is 1.31. The van der Waals surface area contributed by atoms with Crippen molar-refractivity contribution in [2.45, 2.75) is 26.2 Å². The molecular formula is C30H20F4. The molecule has 0 nitrogen and oxygen atoms in total.